The number of methoxy groups -OCH3 is 1. The Balaban J connectivity index is 1.76. The molecule has 10 nitrogen and oxygen atoms in total. The molecule has 1 fully saturated rings. The zero-order valence-corrected chi connectivity index (χ0v) is 16.1. The first kappa shape index (κ1) is 18.8. The lowest BCUT2D eigenvalue weighted by Crippen LogP contribution is -2.26. The molecular weight excluding hydrogens is 374 g/mol. The Morgan fingerprint density at radius 2 is 2.10 bits per heavy atom. The van der Waals surface area contributed by atoms with Gasteiger partial charge in [-0.05, 0) is 25.8 Å². The number of rotatable bonds is 7. The fourth-order valence-electron chi connectivity index (χ4n) is 3.02. The number of benzene rings is 1. The summed E-state index contributed by atoms with van der Waals surface area (Å²) in [5.74, 6) is 0.529. The van der Waals surface area contributed by atoms with E-state index in [0.717, 1.165) is 18.4 Å². The maximum atomic E-state index is 12.3. The second kappa shape index (κ2) is 7.84. The molecule has 2 heterocycles. The van der Waals surface area contributed by atoms with Crippen LogP contribution in [0.25, 0.3) is 22.5 Å². The Bertz CT molecular complexity index is 1050. The van der Waals surface area contributed by atoms with Crippen LogP contribution >= 0.6 is 0 Å². The van der Waals surface area contributed by atoms with Crippen LogP contribution in [0, 0.1) is 0 Å². The molecule has 0 aliphatic heterocycles. The summed E-state index contributed by atoms with van der Waals surface area (Å²) in [7, 11) is 1.56. The highest BCUT2D eigenvalue weighted by Gasteiger charge is 2.26. The van der Waals surface area contributed by atoms with Gasteiger partial charge in [-0.3, -0.25) is 9.63 Å². The van der Waals surface area contributed by atoms with Crippen LogP contribution in [0.3, 0.4) is 0 Å². The number of hydroxylamine groups is 1. The van der Waals surface area contributed by atoms with Crippen molar-refractivity contribution >= 4 is 11.6 Å². The van der Waals surface area contributed by atoms with Crippen LogP contribution < -0.4 is 16.0 Å². The Morgan fingerprint density at radius 3 is 2.83 bits per heavy atom. The van der Waals surface area contributed by atoms with Crippen LogP contribution in [-0.4, -0.2) is 44.6 Å². The van der Waals surface area contributed by atoms with Gasteiger partial charge in [-0.15, -0.1) is 5.10 Å². The Kier molecular flexibility index (Phi) is 5.09. The van der Waals surface area contributed by atoms with Crippen molar-refractivity contribution in [2.75, 3.05) is 19.5 Å². The van der Waals surface area contributed by atoms with Gasteiger partial charge >= 0.3 is 0 Å². The van der Waals surface area contributed by atoms with Crippen LogP contribution in [-0.2, 0) is 4.84 Å². The number of anilines is 1. The first-order valence-electron chi connectivity index (χ1n) is 9.26. The van der Waals surface area contributed by atoms with Crippen molar-refractivity contribution in [2.45, 2.75) is 25.8 Å². The predicted molar refractivity (Wildman–Crippen MR) is 105 cm³/mol. The van der Waals surface area contributed by atoms with Crippen molar-refractivity contribution in [3.05, 3.63) is 36.4 Å². The molecule has 150 valence electrons. The van der Waals surface area contributed by atoms with Crippen LogP contribution in [0.15, 0.2) is 30.7 Å². The number of carbonyl (C=O) groups is 1. The van der Waals surface area contributed by atoms with E-state index in [2.05, 4.69) is 25.8 Å². The van der Waals surface area contributed by atoms with Gasteiger partial charge in [0.15, 0.2) is 11.5 Å². The molecule has 3 aromatic rings. The number of hydrogen-bond acceptors (Lipinski definition) is 8. The lowest BCUT2D eigenvalue weighted by molar-refractivity contribution is 0.0360. The van der Waals surface area contributed by atoms with Crippen molar-refractivity contribution < 1.29 is 14.4 Å². The molecule has 0 bridgehead atoms. The van der Waals surface area contributed by atoms with E-state index in [9.17, 15) is 4.79 Å². The summed E-state index contributed by atoms with van der Waals surface area (Å²) in [6.45, 7) is 2.07. The minimum atomic E-state index is -0.571. The summed E-state index contributed by atoms with van der Waals surface area (Å²) in [5.41, 5.74) is 10.6. The molecule has 1 aromatic carbocycles. The van der Waals surface area contributed by atoms with E-state index in [1.807, 2.05) is 22.9 Å². The standard InChI is InChI=1S/C19H21N7O3/c1-3-29-25-19(27)16-15(20)14(9-22-23-16)12-5-4-6-13(17(12)28-2)18-21-10-26(24-18)11-7-8-11/h4-6,9-11H,3,7-8H2,1-2H3,(H2,20,22)(H,25,27). The second-order valence-corrected chi connectivity index (χ2v) is 6.55. The van der Waals surface area contributed by atoms with E-state index >= 15 is 0 Å². The summed E-state index contributed by atoms with van der Waals surface area (Å²) in [5, 5.41) is 12.3. The highest BCUT2D eigenvalue weighted by atomic mass is 16.6. The number of nitrogens with zero attached hydrogens (tertiary/aromatic N) is 5. The third-order valence-corrected chi connectivity index (χ3v) is 4.59. The molecule has 0 atom stereocenters. The molecule has 0 saturated heterocycles. The lowest BCUT2D eigenvalue weighted by Gasteiger charge is -2.14. The number of nitrogen functional groups attached to an aromatic ring is 1. The van der Waals surface area contributed by atoms with E-state index in [1.165, 1.54) is 6.20 Å². The molecule has 0 spiro atoms. The number of carbonyl (C=O) groups excluding carboxylic acids is 1. The second-order valence-electron chi connectivity index (χ2n) is 6.55. The average molecular weight is 395 g/mol. The highest BCUT2D eigenvalue weighted by molar-refractivity contribution is 6.00. The van der Waals surface area contributed by atoms with Crippen LogP contribution in [0.5, 0.6) is 5.75 Å². The van der Waals surface area contributed by atoms with Gasteiger partial charge in [-0.1, -0.05) is 12.1 Å². The normalized spacial score (nSPS) is 13.3. The van der Waals surface area contributed by atoms with Crippen molar-refractivity contribution in [1.82, 2.24) is 30.4 Å². The van der Waals surface area contributed by atoms with Gasteiger partial charge < -0.3 is 10.5 Å². The molecule has 1 amide bonds. The van der Waals surface area contributed by atoms with Crippen LogP contribution in [0.1, 0.15) is 36.3 Å². The van der Waals surface area contributed by atoms with Crippen molar-refractivity contribution in [2.24, 2.45) is 0 Å². The quantitative estimate of drug-likeness (QED) is 0.581. The number of amides is 1. The summed E-state index contributed by atoms with van der Waals surface area (Å²) < 4.78 is 7.55. The molecule has 1 aliphatic carbocycles. The maximum Gasteiger partial charge on any atom is 0.297 e. The van der Waals surface area contributed by atoms with E-state index in [0.29, 0.717) is 35.3 Å². The molecule has 29 heavy (non-hydrogen) atoms. The first-order valence-corrected chi connectivity index (χ1v) is 9.26. The Hall–Kier alpha value is -3.53. The molecule has 3 N–H and O–H groups in total. The fourth-order valence-corrected chi connectivity index (χ4v) is 3.02. The van der Waals surface area contributed by atoms with Gasteiger partial charge in [0.1, 0.15) is 12.1 Å². The third kappa shape index (κ3) is 3.61. The maximum absolute atomic E-state index is 12.3. The molecule has 4 rings (SSSR count). The molecule has 2 aromatic heterocycles. The van der Waals surface area contributed by atoms with E-state index in [4.69, 9.17) is 15.3 Å². The van der Waals surface area contributed by atoms with Gasteiger partial charge in [-0.2, -0.15) is 10.2 Å². The molecule has 10 heteroatoms. The molecule has 0 radical (unpaired) electrons. The minimum absolute atomic E-state index is 0.0282. The van der Waals surface area contributed by atoms with E-state index in [-0.39, 0.29) is 11.4 Å². The number of para-hydroxylation sites is 1. The summed E-state index contributed by atoms with van der Waals surface area (Å²) in [4.78, 5) is 21.6. The summed E-state index contributed by atoms with van der Waals surface area (Å²) in [6, 6.07) is 5.99. The third-order valence-electron chi connectivity index (χ3n) is 4.59. The number of aromatic nitrogens is 5. The lowest BCUT2D eigenvalue weighted by atomic mass is 10.0. The van der Waals surface area contributed by atoms with E-state index < -0.39 is 5.91 Å². The Morgan fingerprint density at radius 1 is 1.31 bits per heavy atom. The zero-order valence-electron chi connectivity index (χ0n) is 16.1. The molecule has 1 aliphatic rings. The number of nitrogens with two attached hydrogens (primary N) is 1. The van der Waals surface area contributed by atoms with Crippen LogP contribution in [0.4, 0.5) is 5.69 Å². The zero-order chi connectivity index (χ0) is 20.4. The molecule has 0 unspecified atom stereocenters. The number of ether oxygens (including phenoxy) is 1. The number of hydrogen-bond donors (Lipinski definition) is 2. The van der Waals surface area contributed by atoms with E-state index in [1.54, 1.807) is 20.4 Å². The topological polar surface area (TPSA) is 130 Å². The average Bonchev–Trinajstić information content (AvgIpc) is 3.48. The van der Waals surface area contributed by atoms with Crippen molar-refractivity contribution in [1.29, 1.82) is 0 Å². The van der Waals surface area contributed by atoms with Crippen molar-refractivity contribution in [3.63, 3.8) is 0 Å². The summed E-state index contributed by atoms with van der Waals surface area (Å²) in [6.07, 6.45) is 5.46. The van der Waals surface area contributed by atoms with Crippen molar-refractivity contribution in [3.8, 4) is 28.3 Å². The fraction of sp³-hybridized carbons (Fsp3) is 0.316. The highest BCUT2D eigenvalue weighted by Crippen LogP contribution is 2.40. The van der Waals surface area contributed by atoms with Crippen LogP contribution in [0.2, 0.25) is 0 Å². The smallest absolute Gasteiger partial charge is 0.297 e. The van der Waals surface area contributed by atoms with Gasteiger partial charge in [-0.25, -0.2) is 15.1 Å². The Labute approximate surface area is 167 Å². The largest absolute Gasteiger partial charge is 0.495 e. The molecule has 1 saturated carbocycles. The first-order chi connectivity index (χ1) is 14.1. The monoisotopic (exact) mass is 395 g/mol. The SMILES string of the molecule is CCONC(=O)c1nncc(-c2cccc(-c3ncn(C4CC4)n3)c2OC)c1N. The minimum Gasteiger partial charge on any atom is -0.495 e. The predicted octanol–water partition coefficient (Wildman–Crippen LogP) is 2.01. The van der Waals surface area contributed by atoms with Gasteiger partial charge in [0.2, 0.25) is 0 Å². The van der Waals surface area contributed by atoms with Gasteiger partial charge in [0, 0.05) is 11.1 Å². The van der Waals surface area contributed by atoms with Gasteiger partial charge in [0.25, 0.3) is 5.91 Å². The number of nitrogens with one attached hydrogen (secondary N) is 1. The van der Waals surface area contributed by atoms with Gasteiger partial charge in [0.05, 0.1) is 37.2 Å². The summed E-state index contributed by atoms with van der Waals surface area (Å²) >= 11 is 0. The molecular formula is C19H21N7O3.